The second kappa shape index (κ2) is 8.80. The van der Waals surface area contributed by atoms with Crippen LogP contribution in [0.4, 0.5) is 5.69 Å². The number of rotatable bonds is 6. The van der Waals surface area contributed by atoms with Crippen LogP contribution in [0.2, 0.25) is 5.02 Å². The zero-order valence-electron chi connectivity index (χ0n) is 16.0. The van der Waals surface area contributed by atoms with Gasteiger partial charge in [0, 0.05) is 16.8 Å². The number of anilines is 1. The zero-order chi connectivity index (χ0) is 20.3. The number of fused-ring (bicyclic) bond motifs is 1. The minimum Gasteiger partial charge on any atom is -0.325 e. The third-order valence-electron chi connectivity index (χ3n) is 4.68. The van der Waals surface area contributed by atoms with Gasteiger partial charge in [0.1, 0.15) is 0 Å². The van der Waals surface area contributed by atoms with Gasteiger partial charge in [-0.3, -0.25) is 14.2 Å². The van der Waals surface area contributed by atoms with Gasteiger partial charge in [0.2, 0.25) is 5.91 Å². The van der Waals surface area contributed by atoms with Crippen molar-refractivity contribution >= 4 is 45.9 Å². The third-order valence-corrected chi connectivity index (χ3v) is 6.04. The van der Waals surface area contributed by atoms with E-state index in [2.05, 4.69) is 10.3 Å². The summed E-state index contributed by atoms with van der Waals surface area (Å²) in [5.74, 6) is -0.0267. The van der Waals surface area contributed by atoms with Gasteiger partial charge < -0.3 is 5.32 Å². The van der Waals surface area contributed by atoms with Crippen LogP contribution >= 0.6 is 23.4 Å². The Bertz CT molecular complexity index is 1080. The van der Waals surface area contributed by atoms with Crippen molar-refractivity contribution in [3.8, 4) is 0 Å². The minimum atomic E-state index is -0.173. The SMILES string of the molecule is CC[C@@H](C)n1c(SCC(=O)Nc2cccc(Cl)c2C)nc2ccccc2c1=O. The fraction of sp³-hybridized carbons (Fsp3) is 0.286. The molecule has 0 spiro atoms. The lowest BCUT2D eigenvalue weighted by molar-refractivity contribution is -0.113. The molecule has 0 saturated carbocycles. The summed E-state index contributed by atoms with van der Waals surface area (Å²) in [4.78, 5) is 30.1. The first kappa shape index (κ1) is 20.4. The first-order chi connectivity index (χ1) is 13.4. The molecule has 1 aromatic heterocycles. The normalized spacial score (nSPS) is 12.1. The average molecular weight is 416 g/mol. The van der Waals surface area contributed by atoms with Gasteiger partial charge in [-0.1, -0.05) is 48.5 Å². The quantitative estimate of drug-likeness (QED) is 0.451. The van der Waals surface area contributed by atoms with E-state index in [9.17, 15) is 9.59 Å². The van der Waals surface area contributed by atoms with E-state index < -0.39 is 0 Å². The van der Waals surface area contributed by atoms with Gasteiger partial charge in [-0.05, 0) is 50.1 Å². The lowest BCUT2D eigenvalue weighted by Crippen LogP contribution is -2.26. The third kappa shape index (κ3) is 4.23. The molecule has 0 aliphatic rings. The fourth-order valence-corrected chi connectivity index (χ4v) is 3.93. The Morgan fingerprint density at radius 1 is 1.25 bits per heavy atom. The van der Waals surface area contributed by atoms with Crippen LogP contribution in [-0.4, -0.2) is 21.2 Å². The Balaban J connectivity index is 1.86. The first-order valence-corrected chi connectivity index (χ1v) is 10.5. The Morgan fingerprint density at radius 2 is 2.00 bits per heavy atom. The number of carbonyl (C=O) groups is 1. The van der Waals surface area contributed by atoms with Crippen molar-refractivity contribution in [2.75, 3.05) is 11.1 Å². The summed E-state index contributed by atoms with van der Waals surface area (Å²) in [7, 11) is 0. The number of thioether (sulfide) groups is 1. The smallest absolute Gasteiger partial charge is 0.262 e. The van der Waals surface area contributed by atoms with E-state index in [0.29, 0.717) is 26.8 Å². The van der Waals surface area contributed by atoms with Crippen LogP contribution in [0.25, 0.3) is 10.9 Å². The number of para-hydroxylation sites is 1. The number of aromatic nitrogens is 2. The summed E-state index contributed by atoms with van der Waals surface area (Å²) < 4.78 is 1.69. The second-order valence-electron chi connectivity index (χ2n) is 6.59. The number of hydrogen-bond donors (Lipinski definition) is 1. The summed E-state index contributed by atoms with van der Waals surface area (Å²) in [6.45, 7) is 5.86. The molecular formula is C21H22ClN3O2S. The van der Waals surface area contributed by atoms with Crippen molar-refractivity contribution in [3.05, 3.63) is 63.4 Å². The highest BCUT2D eigenvalue weighted by atomic mass is 35.5. The molecule has 28 heavy (non-hydrogen) atoms. The largest absolute Gasteiger partial charge is 0.325 e. The molecule has 2 aromatic carbocycles. The fourth-order valence-electron chi connectivity index (χ4n) is 2.86. The van der Waals surface area contributed by atoms with Crippen LogP contribution in [0.15, 0.2) is 52.4 Å². The molecule has 3 rings (SSSR count). The van der Waals surface area contributed by atoms with Gasteiger partial charge in [-0.25, -0.2) is 4.98 Å². The molecule has 0 aliphatic carbocycles. The Kier molecular flexibility index (Phi) is 6.42. The Morgan fingerprint density at radius 3 is 2.75 bits per heavy atom. The van der Waals surface area contributed by atoms with Gasteiger partial charge in [0.25, 0.3) is 5.56 Å². The molecule has 5 nitrogen and oxygen atoms in total. The molecule has 0 saturated heterocycles. The summed E-state index contributed by atoms with van der Waals surface area (Å²) in [5.41, 5.74) is 2.07. The van der Waals surface area contributed by atoms with E-state index in [1.165, 1.54) is 11.8 Å². The van der Waals surface area contributed by atoms with E-state index in [4.69, 9.17) is 11.6 Å². The highest BCUT2D eigenvalue weighted by molar-refractivity contribution is 7.99. The van der Waals surface area contributed by atoms with Gasteiger partial charge in [0.15, 0.2) is 5.16 Å². The topological polar surface area (TPSA) is 64.0 Å². The number of nitrogens with zero attached hydrogens (tertiary/aromatic N) is 2. The average Bonchev–Trinajstić information content (AvgIpc) is 2.69. The summed E-state index contributed by atoms with van der Waals surface area (Å²) in [6, 6.07) is 12.7. The van der Waals surface area contributed by atoms with Crippen molar-refractivity contribution < 1.29 is 4.79 Å². The van der Waals surface area contributed by atoms with Crippen LogP contribution in [-0.2, 0) is 4.79 Å². The molecule has 1 atom stereocenters. The van der Waals surface area contributed by atoms with Crippen molar-refractivity contribution in [2.45, 2.75) is 38.4 Å². The monoisotopic (exact) mass is 415 g/mol. The molecule has 146 valence electrons. The first-order valence-electron chi connectivity index (χ1n) is 9.11. The van der Waals surface area contributed by atoms with Crippen molar-refractivity contribution in [3.63, 3.8) is 0 Å². The highest BCUT2D eigenvalue weighted by Crippen LogP contribution is 2.25. The standard InChI is InChI=1S/C21H22ClN3O2S/c1-4-13(2)25-20(27)15-8-5-6-10-18(15)24-21(25)28-12-19(26)23-17-11-7-9-16(22)14(17)3/h5-11,13H,4,12H2,1-3H3,(H,23,26)/t13-/m1/s1. The molecular weight excluding hydrogens is 394 g/mol. The lowest BCUT2D eigenvalue weighted by Gasteiger charge is -2.18. The van der Waals surface area contributed by atoms with E-state index >= 15 is 0 Å². The van der Waals surface area contributed by atoms with Crippen LogP contribution in [0, 0.1) is 6.92 Å². The van der Waals surface area contributed by atoms with E-state index in [1.807, 2.05) is 45.0 Å². The molecule has 0 unspecified atom stereocenters. The molecule has 7 heteroatoms. The van der Waals surface area contributed by atoms with Gasteiger partial charge >= 0.3 is 0 Å². The predicted octanol–water partition coefficient (Wildman–Crippen LogP) is 5.06. The maximum absolute atomic E-state index is 13.0. The van der Waals surface area contributed by atoms with Crippen LogP contribution < -0.4 is 10.9 Å². The van der Waals surface area contributed by atoms with E-state index in [1.54, 1.807) is 22.8 Å². The molecule has 1 amide bonds. The molecule has 0 radical (unpaired) electrons. The minimum absolute atomic E-state index is 0.00894. The number of hydrogen-bond acceptors (Lipinski definition) is 4. The Labute approximate surface area is 173 Å². The molecule has 3 aromatic rings. The Hall–Kier alpha value is -2.31. The van der Waals surface area contributed by atoms with Gasteiger partial charge in [-0.15, -0.1) is 0 Å². The summed E-state index contributed by atoms with van der Waals surface area (Å²) in [6.07, 6.45) is 0.793. The summed E-state index contributed by atoms with van der Waals surface area (Å²) in [5, 5.41) is 4.62. The molecule has 0 bridgehead atoms. The van der Waals surface area contributed by atoms with E-state index in [0.717, 1.165) is 12.0 Å². The van der Waals surface area contributed by atoms with Crippen molar-refractivity contribution in [1.29, 1.82) is 0 Å². The number of carbonyl (C=O) groups excluding carboxylic acids is 1. The summed E-state index contributed by atoms with van der Waals surface area (Å²) >= 11 is 7.37. The maximum Gasteiger partial charge on any atom is 0.262 e. The number of halogens is 1. The predicted molar refractivity (Wildman–Crippen MR) is 117 cm³/mol. The van der Waals surface area contributed by atoms with Crippen LogP contribution in [0.1, 0.15) is 31.9 Å². The highest BCUT2D eigenvalue weighted by Gasteiger charge is 2.17. The lowest BCUT2D eigenvalue weighted by atomic mass is 10.2. The number of nitrogens with one attached hydrogen (secondary N) is 1. The van der Waals surface area contributed by atoms with Crippen LogP contribution in [0.5, 0.6) is 0 Å². The van der Waals surface area contributed by atoms with E-state index in [-0.39, 0.29) is 23.3 Å². The van der Waals surface area contributed by atoms with Crippen LogP contribution in [0.3, 0.4) is 0 Å². The van der Waals surface area contributed by atoms with Gasteiger partial charge in [-0.2, -0.15) is 0 Å². The second-order valence-corrected chi connectivity index (χ2v) is 7.94. The molecule has 0 fully saturated rings. The maximum atomic E-state index is 13.0. The number of benzene rings is 2. The van der Waals surface area contributed by atoms with Gasteiger partial charge in [0.05, 0.1) is 16.7 Å². The zero-order valence-corrected chi connectivity index (χ0v) is 17.6. The molecule has 1 heterocycles. The number of amides is 1. The van der Waals surface area contributed by atoms with Crippen molar-refractivity contribution in [2.24, 2.45) is 0 Å². The molecule has 1 N–H and O–H groups in total. The molecule has 0 aliphatic heterocycles. The van der Waals surface area contributed by atoms with Crippen molar-refractivity contribution in [1.82, 2.24) is 9.55 Å².